The summed E-state index contributed by atoms with van der Waals surface area (Å²) >= 11 is 0. The number of rotatable bonds is 1. The maximum absolute atomic E-state index is 11.9. The zero-order valence-electron chi connectivity index (χ0n) is 14.2. The van der Waals surface area contributed by atoms with E-state index in [-0.39, 0.29) is 5.41 Å². The maximum atomic E-state index is 11.9. The van der Waals surface area contributed by atoms with Crippen LogP contribution in [0.5, 0.6) is 0 Å². The van der Waals surface area contributed by atoms with Gasteiger partial charge in [-0.3, -0.25) is 0 Å². The second-order valence-electron chi connectivity index (χ2n) is 10.00. The largest absolute Gasteiger partial charge is 0.369 e. The quantitative estimate of drug-likeness (QED) is 0.532. The van der Waals surface area contributed by atoms with E-state index in [0.29, 0.717) is 22.3 Å². The van der Waals surface area contributed by atoms with Crippen molar-refractivity contribution in [1.29, 1.82) is 0 Å². The maximum Gasteiger partial charge on any atom is 0.126 e. The van der Waals surface area contributed by atoms with Gasteiger partial charge in [0.25, 0.3) is 0 Å². The summed E-state index contributed by atoms with van der Waals surface area (Å²) in [7, 11) is 0. The van der Waals surface area contributed by atoms with E-state index in [1.807, 2.05) is 0 Å². The molecule has 2 nitrogen and oxygen atoms in total. The summed E-state index contributed by atoms with van der Waals surface area (Å²) in [6, 6.07) is 0. The Hall–Kier alpha value is -0.370. The van der Waals surface area contributed by atoms with Crippen LogP contribution in [0, 0.1) is 34.0 Å². The number of hydrogen-bond acceptors (Lipinski definition) is 2. The van der Waals surface area contributed by atoms with Gasteiger partial charge in [-0.05, 0) is 80.0 Å². The Balaban J connectivity index is 1.55. The van der Waals surface area contributed by atoms with Crippen LogP contribution < -0.4 is 0 Å². The lowest BCUT2D eigenvalue weighted by atomic mass is 9.41. The van der Waals surface area contributed by atoms with Crippen molar-refractivity contribution in [3.63, 3.8) is 0 Å². The van der Waals surface area contributed by atoms with Gasteiger partial charge in [0, 0.05) is 5.41 Å². The molecule has 4 aliphatic carbocycles. The molecule has 4 saturated carbocycles. The lowest BCUT2D eigenvalue weighted by Crippen LogP contribution is -2.56. The van der Waals surface area contributed by atoms with Crippen molar-refractivity contribution < 1.29 is 9.53 Å². The van der Waals surface area contributed by atoms with Gasteiger partial charge in [0.05, 0.1) is 12.2 Å². The summed E-state index contributed by atoms with van der Waals surface area (Å²) in [5, 5.41) is 0. The number of carbonyl (C=O) groups is 1. The highest BCUT2D eigenvalue weighted by Gasteiger charge is 2.71. The molecule has 5 aliphatic rings. The standard InChI is InChI=1S/C20H30O2/c1-17(12-21)7-3-8-18(2)15(17)6-9-19-10-14(4-5-16(18)19)20(11-19)13-22-20/h12,14-16H,3-11,13H2,1-2H3/t14-,15-,16+,17+,18-,19+,20+/m1/s1. The van der Waals surface area contributed by atoms with Gasteiger partial charge in [-0.2, -0.15) is 0 Å². The Morgan fingerprint density at radius 1 is 1.05 bits per heavy atom. The number of ether oxygens (including phenoxy) is 1. The van der Waals surface area contributed by atoms with Crippen molar-refractivity contribution in [2.24, 2.45) is 34.0 Å². The molecule has 1 aliphatic heterocycles. The van der Waals surface area contributed by atoms with Gasteiger partial charge in [-0.25, -0.2) is 0 Å². The molecule has 122 valence electrons. The number of epoxide rings is 1. The third-order valence-corrected chi connectivity index (χ3v) is 9.13. The SMILES string of the molecule is C[C@@]12CCC[C@@](C)(C=O)[C@H]1CC[C@@]13C[C@@H](CC[C@H]12)[C@@]1(CO1)C3. The topological polar surface area (TPSA) is 29.6 Å². The van der Waals surface area contributed by atoms with Crippen molar-refractivity contribution in [2.45, 2.75) is 77.2 Å². The summed E-state index contributed by atoms with van der Waals surface area (Å²) in [6.45, 7) is 5.85. The molecule has 0 aromatic heterocycles. The van der Waals surface area contributed by atoms with Gasteiger partial charge >= 0.3 is 0 Å². The van der Waals surface area contributed by atoms with Gasteiger partial charge in [-0.15, -0.1) is 0 Å². The molecule has 1 heterocycles. The van der Waals surface area contributed by atoms with E-state index in [4.69, 9.17) is 4.74 Å². The predicted octanol–water partition coefficient (Wildman–Crippen LogP) is 4.37. The minimum absolute atomic E-state index is 0.0577. The van der Waals surface area contributed by atoms with Crippen LogP contribution in [0.15, 0.2) is 0 Å². The van der Waals surface area contributed by atoms with Crippen molar-refractivity contribution in [3.05, 3.63) is 0 Å². The number of hydrogen-bond donors (Lipinski definition) is 0. The Bertz CT molecular complexity index is 524. The van der Waals surface area contributed by atoms with E-state index in [2.05, 4.69) is 13.8 Å². The van der Waals surface area contributed by atoms with E-state index in [0.717, 1.165) is 24.9 Å². The molecule has 0 N–H and O–H groups in total. The van der Waals surface area contributed by atoms with Crippen LogP contribution in [-0.2, 0) is 9.53 Å². The van der Waals surface area contributed by atoms with Crippen LogP contribution in [-0.4, -0.2) is 18.5 Å². The van der Waals surface area contributed by atoms with E-state index in [1.54, 1.807) is 0 Å². The lowest BCUT2D eigenvalue weighted by molar-refractivity contribution is -0.157. The van der Waals surface area contributed by atoms with Gasteiger partial charge in [0.1, 0.15) is 6.29 Å². The first-order valence-corrected chi connectivity index (χ1v) is 9.57. The van der Waals surface area contributed by atoms with E-state index in [9.17, 15) is 4.79 Å². The first-order chi connectivity index (χ1) is 10.5. The smallest absolute Gasteiger partial charge is 0.126 e. The summed E-state index contributed by atoms with van der Waals surface area (Å²) < 4.78 is 5.99. The Labute approximate surface area is 134 Å². The van der Waals surface area contributed by atoms with Crippen molar-refractivity contribution in [1.82, 2.24) is 0 Å². The average molecular weight is 302 g/mol. The molecule has 5 fully saturated rings. The number of aldehydes is 1. The van der Waals surface area contributed by atoms with Gasteiger partial charge in [0.2, 0.25) is 0 Å². The number of carbonyl (C=O) groups excluding carboxylic acids is 1. The normalized spacial score (nSPS) is 62.4. The van der Waals surface area contributed by atoms with Crippen LogP contribution >= 0.6 is 0 Å². The fourth-order valence-corrected chi connectivity index (χ4v) is 8.22. The Kier molecular flexibility index (Phi) is 2.54. The molecule has 2 spiro atoms. The zero-order chi connectivity index (χ0) is 15.2. The summed E-state index contributed by atoms with van der Waals surface area (Å²) in [4.78, 5) is 11.9. The lowest BCUT2D eigenvalue weighted by Gasteiger charge is -2.63. The predicted molar refractivity (Wildman–Crippen MR) is 85.4 cm³/mol. The van der Waals surface area contributed by atoms with Crippen LogP contribution in [0.2, 0.25) is 0 Å². The molecule has 0 aromatic rings. The second-order valence-corrected chi connectivity index (χ2v) is 10.00. The minimum atomic E-state index is -0.0577. The fourth-order valence-electron chi connectivity index (χ4n) is 8.22. The Morgan fingerprint density at radius 3 is 2.59 bits per heavy atom. The molecule has 2 bridgehead atoms. The van der Waals surface area contributed by atoms with Gasteiger partial charge in [-0.1, -0.05) is 20.3 Å². The van der Waals surface area contributed by atoms with E-state index >= 15 is 0 Å². The van der Waals surface area contributed by atoms with Crippen molar-refractivity contribution in [3.8, 4) is 0 Å². The van der Waals surface area contributed by atoms with Gasteiger partial charge in [0.15, 0.2) is 0 Å². The van der Waals surface area contributed by atoms with Crippen molar-refractivity contribution >= 4 is 6.29 Å². The summed E-state index contributed by atoms with van der Waals surface area (Å²) in [6.07, 6.45) is 13.2. The highest BCUT2D eigenvalue weighted by atomic mass is 16.6. The molecule has 5 rings (SSSR count). The van der Waals surface area contributed by atoms with Crippen molar-refractivity contribution in [2.75, 3.05) is 6.61 Å². The Morgan fingerprint density at radius 2 is 1.86 bits per heavy atom. The molecule has 0 unspecified atom stereocenters. The average Bonchev–Trinajstić information content (AvgIpc) is 3.22. The zero-order valence-corrected chi connectivity index (χ0v) is 14.2. The minimum Gasteiger partial charge on any atom is -0.369 e. The van der Waals surface area contributed by atoms with Crippen LogP contribution in [0.4, 0.5) is 0 Å². The highest BCUT2D eigenvalue weighted by molar-refractivity contribution is 5.60. The van der Waals surface area contributed by atoms with Crippen LogP contribution in [0.3, 0.4) is 0 Å². The molecule has 0 amide bonds. The van der Waals surface area contributed by atoms with Gasteiger partial charge < -0.3 is 9.53 Å². The molecule has 0 aromatic carbocycles. The van der Waals surface area contributed by atoms with E-state index < -0.39 is 0 Å². The van der Waals surface area contributed by atoms with E-state index in [1.165, 1.54) is 57.7 Å². The van der Waals surface area contributed by atoms with Crippen LogP contribution in [0.1, 0.15) is 71.6 Å². The number of fused-ring (bicyclic) bond motifs is 4. The molecule has 22 heavy (non-hydrogen) atoms. The third kappa shape index (κ3) is 1.49. The second kappa shape index (κ2) is 3.99. The van der Waals surface area contributed by atoms with Crippen LogP contribution in [0.25, 0.3) is 0 Å². The summed E-state index contributed by atoms with van der Waals surface area (Å²) in [5.74, 6) is 2.32. The highest BCUT2D eigenvalue weighted by Crippen LogP contribution is 2.74. The molecule has 7 atom stereocenters. The third-order valence-electron chi connectivity index (χ3n) is 9.13. The molecular formula is C20H30O2. The fraction of sp³-hybridized carbons (Fsp3) is 0.950. The first kappa shape index (κ1) is 14.0. The molecule has 1 saturated heterocycles. The summed E-state index contributed by atoms with van der Waals surface area (Å²) in [5.41, 5.74) is 1.21. The molecule has 2 heteroatoms. The monoisotopic (exact) mass is 302 g/mol. The first-order valence-electron chi connectivity index (χ1n) is 9.57. The molecular weight excluding hydrogens is 272 g/mol. The molecule has 0 radical (unpaired) electrons.